The first-order valence-electron chi connectivity index (χ1n) is 5.15. The van der Waals surface area contributed by atoms with Crippen LogP contribution in [0.1, 0.15) is 5.56 Å². The third-order valence-corrected chi connectivity index (χ3v) is 3.10. The number of nitrogens with one attached hydrogen (secondary N) is 1. The molecule has 0 atom stereocenters. The zero-order valence-electron chi connectivity index (χ0n) is 9.30. The Labute approximate surface area is 108 Å². The molecule has 0 heterocycles. The third kappa shape index (κ3) is 2.58. The van der Waals surface area contributed by atoms with Crippen molar-refractivity contribution >= 4 is 33.0 Å². The standard InChI is InChI=1S/C13H12BrFN2/c1-8-5-6-11(9(14)7-8)17-12-4-2-3-10(15)13(12)16/h2-7,17H,16H2,1H3. The van der Waals surface area contributed by atoms with Gasteiger partial charge in [-0.2, -0.15) is 0 Å². The molecule has 0 aliphatic carbocycles. The van der Waals surface area contributed by atoms with Gasteiger partial charge in [-0.15, -0.1) is 0 Å². The number of aryl methyl sites for hydroxylation is 1. The molecule has 0 saturated carbocycles. The summed E-state index contributed by atoms with van der Waals surface area (Å²) in [5.41, 5.74) is 8.35. The maximum atomic E-state index is 13.3. The molecule has 0 aromatic heterocycles. The van der Waals surface area contributed by atoms with Crippen molar-refractivity contribution in [1.82, 2.24) is 0 Å². The first kappa shape index (κ1) is 11.9. The van der Waals surface area contributed by atoms with Gasteiger partial charge in [0.05, 0.1) is 17.1 Å². The summed E-state index contributed by atoms with van der Waals surface area (Å²) >= 11 is 3.45. The quantitative estimate of drug-likeness (QED) is 0.814. The highest BCUT2D eigenvalue weighted by Gasteiger charge is 2.06. The summed E-state index contributed by atoms with van der Waals surface area (Å²) in [6.45, 7) is 2.01. The smallest absolute Gasteiger partial charge is 0.148 e. The molecule has 0 spiro atoms. The largest absolute Gasteiger partial charge is 0.395 e. The number of hydrogen-bond donors (Lipinski definition) is 2. The maximum absolute atomic E-state index is 13.3. The molecule has 4 heteroatoms. The van der Waals surface area contributed by atoms with Gasteiger partial charge in [-0.1, -0.05) is 12.1 Å². The minimum absolute atomic E-state index is 0.125. The molecule has 2 nitrogen and oxygen atoms in total. The SMILES string of the molecule is Cc1ccc(Nc2cccc(F)c2N)c(Br)c1. The molecule has 17 heavy (non-hydrogen) atoms. The zero-order valence-corrected chi connectivity index (χ0v) is 10.9. The van der Waals surface area contributed by atoms with Crippen LogP contribution < -0.4 is 11.1 Å². The molecule has 0 saturated heterocycles. The topological polar surface area (TPSA) is 38.0 Å². The van der Waals surface area contributed by atoms with Gasteiger partial charge in [-0.05, 0) is 52.7 Å². The fourth-order valence-electron chi connectivity index (χ4n) is 1.51. The molecule has 0 fully saturated rings. The number of benzene rings is 2. The van der Waals surface area contributed by atoms with Gasteiger partial charge in [0, 0.05) is 4.47 Å². The summed E-state index contributed by atoms with van der Waals surface area (Å²) in [4.78, 5) is 0. The lowest BCUT2D eigenvalue weighted by Crippen LogP contribution is -1.99. The van der Waals surface area contributed by atoms with Gasteiger partial charge in [0.15, 0.2) is 0 Å². The molecule has 2 aromatic carbocycles. The van der Waals surface area contributed by atoms with Crippen LogP contribution in [0.15, 0.2) is 40.9 Å². The molecule has 2 aromatic rings. The van der Waals surface area contributed by atoms with Gasteiger partial charge in [-0.25, -0.2) is 4.39 Å². The second-order valence-corrected chi connectivity index (χ2v) is 4.66. The first-order chi connectivity index (χ1) is 8.08. The lowest BCUT2D eigenvalue weighted by atomic mass is 10.2. The van der Waals surface area contributed by atoms with Crippen LogP contribution in [-0.4, -0.2) is 0 Å². The van der Waals surface area contributed by atoms with Gasteiger partial charge >= 0.3 is 0 Å². The van der Waals surface area contributed by atoms with Crippen molar-refractivity contribution in [2.45, 2.75) is 6.92 Å². The van der Waals surface area contributed by atoms with E-state index >= 15 is 0 Å². The molecule has 0 aliphatic rings. The van der Waals surface area contributed by atoms with Crippen LogP contribution in [0.5, 0.6) is 0 Å². The summed E-state index contributed by atoms with van der Waals surface area (Å²) in [5.74, 6) is -0.418. The Morgan fingerprint density at radius 3 is 2.65 bits per heavy atom. The van der Waals surface area contributed by atoms with E-state index in [-0.39, 0.29) is 5.69 Å². The molecule has 0 aliphatic heterocycles. The Hall–Kier alpha value is -1.55. The maximum Gasteiger partial charge on any atom is 0.148 e. The molecule has 0 bridgehead atoms. The van der Waals surface area contributed by atoms with E-state index < -0.39 is 5.82 Å². The molecular formula is C13H12BrFN2. The fourth-order valence-corrected chi connectivity index (χ4v) is 2.11. The Bertz CT molecular complexity index is 555. The van der Waals surface area contributed by atoms with Crippen molar-refractivity contribution in [3.63, 3.8) is 0 Å². The molecule has 88 valence electrons. The summed E-state index contributed by atoms with van der Waals surface area (Å²) in [7, 11) is 0. The number of halogens is 2. The van der Waals surface area contributed by atoms with Crippen LogP contribution in [0.4, 0.5) is 21.5 Å². The van der Waals surface area contributed by atoms with Crippen LogP contribution in [0.3, 0.4) is 0 Å². The van der Waals surface area contributed by atoms with Crippen LogP contribution >= 0.6 is 15.9 Å². The van der Waals surface area contributed by atoms with E-state index in [1.807, 2.05) is 25.1 Å². The van der Waals surface area contributed by atoms with Crippen molar-refractivity contribution in [2.24, 2.45) is 0 Å². The van der Waals surface area contributed by atoms with Gasteiger partial charge in [0.1, 0.15) is 5.82 Å². The van der Waals surface area contributed by atoms with Crippen molar-refractivity contribution in [3.8, 4) is 0 Å². The number of hydrogen-bond acceptors (Lipinski definition) is 2. The fraction of sp³-hybridized carbons (Fsp3) is 0.0769. The Morgan fingerprint density at radius 2 is 1.94 bits per heavy atom. The summed E-state index contributed by atoms with van der Waals surface area (Å²) < 4.78 is 14.2. The van der Waals surface area contributed by atoms with Crippen LogP contribution in [0, 0.1) is 12.7 Å². The van der Waals surface area contributed by atoms with E-state index in [2.05, 4.69) is 21.2 Å². The van der Waals surface area contributed by atoms with Crippen molar-refractivity contribution < 1.29 is 4.39 Å². The van der Waals surface area contributed by atoms with E-state index in [1.54, 1.807) is 12.1 Å². The zero-order chi connectivity index (χ0) is 12.4. The lowest BCUT2D eigenvalue weighted by molar-refractivity contribution is 0.633. The Kier molecular flexibility index (Phi) is 3.33. The molecule has 0 radical (unpaired) electrons. The Balaban J connectivity index is 2.35. The second kappa shape index (κ2) is 4.75. The Morgan fingerprint density at radius 1 is 1.18 bits per heavy atom. The highest BCUT2D eigenvalue weighted by Crippen LogP contribution is 2.30. The lowest BCUT2D eigenvalue weighted by Gasteiger charge is -2.11. The average Bonchev–Trinajstić information content (AvgIpc) is 2.28. The van der Waals surface area contributed by atoms with E-state index in [4.69, 9.17) is 5.73 Å². The normalized spacial score (nSPS) is 10.3. The molecule has 0 amide bonds. The summed E-state index contributed by atoms with van der Waals surface area (Å²) in [6.07, 6.45) is 0. The molecule has 0 unspecified atom stereocenters. The van der Waals surface area contributed by atoms with E-state index in [1.165, 1.54) is 6.07 Å². The summed E-state index contributed by atoms with van der Waals surface area (Å²) in [5, 5.41) is 3.10. The average molecular weight is 295 g/mol. The van der Waals surface area contributed by atoms with Crippen LogP contribution in [-0.2, 0) is 0 Å². The highest BCUT2D eigenvalue weighted by atomic mass is 79.9. The van der Waals surface area contributed by atoms with E-state index in [0.29, 0.717) is 5.69 Å². The van der Waals surface area contributed by atoms with Crippen molar-refractivity contribution in [3.05, 3.63) is 52.3 Å². The predicted octanol–water partition coefficient (Wildman–Crippen LogP) is 4.22. The minimum atomic E-state index is -0.418. The number of nitrogens with two attached hydrogens (primary N) is 1. The van der Waals surface area contributed by atoms with Crippen LogP contribution in [0.25, 0.3) is 0 Å². The molecular weight excluding hydrogens is 283 g/mol. The number of rotatable bonds is 2. The van der Waals surface area contributed by atoms with Gasteiger partial charge in [0.25, 0.3) is 0 Å². The van der Waals surface area contributed by atoms with Crippen molar-refractivity contribution in [2.75, 3.05) is 11.1 Å². The highest BCUT2D eigenvalue weighted by molar-refractivity contribution is 9.10. The number of para-hydroxylation sites is 1. The molecule has 3 N–H and O–H groups in total. The number of nitrogen functional groups attached to an aromatic ring is 1. The van der Waals surface area contributed by atoms with Crippen LogP contribution in [0.2, 0.25) is 0 Å². The van der Waals surface area contributed by atoms with E-state index in [9.17, 15) is 4.39 Å². The molecule has 2 rings (SSSR count). The van der Waals surface area contributed by atoms with E-state index in [0.717, 1.165) is 15.7 Å². The van der Waals surface area contributed by atoms with Crippen molar-refractivity contribution in [1.29, 1.82) is 0 Å². The van der Waals surface area contributed by atoms with Gasteiger partial charge in [0.2, 0.25) is 0 Å². The third-order valence-electron chi connectivity index (χ3n) is 2.45. The number of anilines is 3. The summed E-state index contributed by atoms with van der Waals surface area (Å²) in [6, 6.07) is 10.6. The first-order valence-corrected chi connectivity index (χ1v) is 5.94. The minimum Gasteiger partial charge on any atom is -0.395 e. The van der Waals surface area contributed by atoms with Gasteiger partial charge < -0.3 is 11.1 Å². The second-order valence-electron chi connectivity index (χ2n) is 3.81. The van der Waals surface area contributed by atoms with Gasteiger partial charge in [-0.3, -0.25) is 0 Å². The monoisotopic (exact) mass is 294 g/mol. The predicted molar refractivity (Wildman–Crippen MR) is 73.0 cm³/mol.